The van der Waals surface area contributed by atoms with E-state index in [-0.39, 0.29) is 34.2 Å². The summed E-state index contributed by atoms with van der Waals surface area (Å²) in [5.74, 6) is -2.03. The molecular weight excluding hydrogens is 615 g/mol. The highest BCUT2D eigenvalue weighted by Crippen LogP contribution is 2.43. The Morgan fingerprint density at radius 2 is 1.79 bits per heavy atom. The predicted molar refractivity (Wildman–Crippen MR) is 160 cm³/mol. The Balaban J connectivity index is 1.29. The third kappa shape index (κ3) is 5.79. The number of hydrogen-bond donors (Lipinski definition) is 4. The number of nitrogens with zero attached hydrogens (tertiary/aromatic N) is 1. The second-order valence-electron chi connectivity index (χ2n) is 10.5. The smallest absolute Gasteiger partial charge is 0.251 e. The normalized spacial score (nSPS) is 19.3. The highest BCUT2D eigenvalue weighted by atomic mass is 32.2. The minimum Gasteiger partial charge on any atom is -0.384 e. The first kappa shape index (κ1) is 30.4. The zero-order valence-electron chi connectivity index (χ0n) is 23.2. The average molecular weight is 644 g/mol. The molecule has 226 valence electrons. The molecule has 3 aromatic rings. The number of amides is 3. The molecule has 2 aliphatic heterocycles. The van der Waals surface area contributed by atoms with Crippen molar-refractivity contribution in [1.29, 1.82) is 5.41 Å². The van der Waals surface area contributed by atoms with Gasteiger partial charge in [0, 0.05) is 45.3 Å². The number of hydrogen-bond acceptors (Lipinski definition) is 9. The first-order valence-corrected chi connectivity index (χ1v) is 17.5. The fourth-order valence-electron chi connectivity index (χ4n) is 5.24. The number of thiophene rings is 1. The maximum atomic E-state index is 13.3. The molecule has 3 heterocycles. The van der Waals surface area contributed by atoms with Gasteiger partial charge in [-0.15, -0.1) is 11.3 Å². The van der Waals surface area contributed by atoms with E-state index in [1.807, 2.05) is 0 Å². The number of carbonyl (C=O) groups is 3. The topological polar surface area (TPSA) is 197 Å². The Morgan fingerprint density at radius 1 is 1.09 bits per heavy atom. The van der Waals surface area contributed by atoms with Crippen molar-refractivity contribution in [3.05, 3.63) is 69.9 Å². The van der Waals surface area contributed by atoms with Gasteiger partial charge in [0.1, 0.15) is 11.9 Å². The number of fused-ring (bicyclic) bond motifs is 3. The van der Waals surface area contributed by atoms with Crippen molar-refractivity contribution in [2.24, 2.45) is 5.73 Å². The molecule has 5 rings (SSSR count). The van der Waals surface area contributed by atoms with E-state index in [9.17, 15) is 31.2 Å². The fourth-order valence-corrected chi connectivity index (χ4v) is 8.83. The van der Waals surface area contributed by atoms with Gasteiger partial charge in [-0.25, -0.2) is 16.8 Å². The summed E-state index contributed by atoms with van der Waals surface area (Å²) in [4.78, 5) is 41.5. The molecule has 0 bridgehead atoms. The molecule has 0 saturated carbocycles. The molecule has 2 aromatic carbocycles. The summed E-state index contributed by atoms with van der Waals surface area (Å²) >= 11 is 1.30. The molecule has 0 unspecified atom stereocenters. The molecule has 15 heteroatoms. The van der Waals surface area contributed by atoms with Crippen LogP contribution in [0.5, 0.6) is 0 Å². The zero-order valence-corrected chi connectivity index (χ0v) is 25.6. The number of nitrogens with one attached hydrogen (secondary N) is 3. The summed E-state index contributed by atoms with van der Waals surface area (Å²) in [6, 6.07) is 10.9. The number of nitrogen functional groups attached to an aromatic ring is 1. The van der Waals surface area contributed by atoms with E-state index >= 15 is 0 Å². The summed E-state index contributed by atoms with van der Waals surface area (Å²) in [6.07, 6.45) is 0.934. The van der Waals surface area contributed by atoms with Crippen LogP contribution in [-0.2, 0) is 29.3 Å². The van der Waals surface area contributed by atoms with E-state index in [0.29, 0.717) is 16.7 Å². The van der Waals surface area contributed by atoms with Crippen LogP contribution in [0.3, 0.4) is 0 Å². The Bertz CT molecular complexity index is 1890. The van der Waals surface area contributed by atoms with Crippen LogP contribution in [0.4, 0.5) is 0 Å². The molecule has 43 heavy (non-hydrogen) atoms. The second-order valence-corrected chi connectivity index (χ2v) is 15.7. The minimum atomic E-state index is -3.81. The number of carbonyl (C=O) groups excluding carboxylic acids is 3. The van der Waals surface area contributed by atoms with Crippen LogP contribution in [0.2, 0.25) is 0 Å². The van der Waals surface area contributed by atoms with Crippen LogP contribution < -0.4 is 16.4 Å². The van der Waals surface area contributed by atoms with Crippen molar-refractivity contribution in [1.82, 2.24) is 15.5 Å². The van der Waals surface area contributed by atoms with E-state index in [1.165, 1.54) is 29.5 Å². The number of nitrogens with two attached hydrogens (primary N) is 1. The highest BCUT2D eigenvalue weighted by Gasteiger charge is 2.43. The monoisotopic (exact) mass is 643 g/mol. The molecule has 0 aliphatic carbocycles. The number of sulfone groups is 2. The molecular formula is C28H29N5O7S3. The van der Waals surface area contributed by atoms with Crippen LogP contribution in [0.15, 0.2) is 63.7 Å². The molecule has 0 radical (unpaired) electrons. The van der Waals surface area contributed by atoms with Crippen molar-refractivity contribution >= 4 is 54.6 Å². The molecule has 3 amide bonds. The summed E-state index contributed by atoms with van der Waals surface area (Å²) in [5.41, 5.74) is 7.09. The fraction of sp³-hybridized carbons (Fsp3) is 0.286. The lowest BCUT2D eigenvalue weighted by molar-refractivity contribution is -0.137. The Hall–Kier alpha value is -4.08. The highest BCUT2D eigenvalue weighted by molar-refractivity contribution is 7.92. The van der Waals surface area contributed by atoms with Gasteiger partial charge in [0.05, 0.1) is 27.6 Å². The lowest BCUT2D eigenvalue weighted by Gasteiger charge is -2.25. The summed E-state index contributed by atoms with van der Waals surface area (Å²) < 4.78 is 50.7. The average Bonchev–Trinajstić information content (AvgIpc) is 3.68. The molecule has 1 fully saturated rings. The van der Waals surface area contributed by atoms with Crippen LogP contribution in [0.1, 0.15) is 40.2 Å². The summed E-state index contributed by atoms with van der Waals surface area (Å²) in [7, 11) is -7.40. The van der Waals surface area contributed by atoms with Gasteiger partial charge in [0.2, 0.25) is 21.7 Å². The lowest BCUT2D eigenvalue weighted by Crippen LogP contribution is -2.49. The quantitative estimate of drug-likeness (QED) is 0.164. The van der Waals surface area contributed by atoms with Crippen molar-refractivity contribution < 1.29 is 31.2 Å². The van der Waals surface area contributed by atoms with Gasteiger partial charge in [0.15, 0.2) is 9.84 Å². The molecule has 2 aliphatic rings. The van der Waals surface area contributed by atoms with Gasteiger partial charge in [-0.1, -0.05) is 24.3 Å². The van der Waals surface area contributed by atoms with Crippen molar-refractivity contribution in [3.8, 4) is 11.1 Å². The maximum absolute atomic E-state index is 13.3. The first-order chi connectivity index (χ1) is 20.2. The van der Waals surface area contributed by atoms with E-state index < -0.39 is 61.3 Å². The van der Waals surface area contributed by atoms with Gasteiger partial charge in [-0.3, -0.25) is 19.8 Å². The van der Waals surface area contributed by atoms with Crippen LogP contribution in [0.25, 0.3) is 11.1 Å². The molecule has 0 spiro atoms. The number of rotatable bonds is 8. The minimum absolute atomic E-state index is 0.00441. The molecule has 1 saturated heterocycles. The van der Waals surface area contributed by atoms with E-state index in [1.54, 1.807) is 42.6 Å². The number of benzene rings is 2. The van der Waals surface area contributed by atoms with Crippen LogP contribution >= 0.6 is 11.3 Å². The Labute approximate surface area is 252 Å². The van der Waals surface area contributed by atoms with Crippen LogP contribution in [-0.4, -0.2) is 75.9 Å². The largest absolute Gasteiger partial charge is 0.384 e. The molecule has 1 aromatic heterocycles. The van der Waals surface area contributed by atoms with Gasteiger partial charge in [0.25, 0.3) is 5.91 Å². The first-order valence-electron chi connectivity index (χ1n) is 13.2. The van der Waals surface area contributed by atoms with Crippen molar-refractivity contribution in [2.45, 2.75) is 40.5 Å². The molecule has 12 nitrogen and oxygen atoms in total. The third-order valence-corrected chi connectivity index (χ3v) is 12.1. The number of amidine groups is 1. The summed E-state index contributed by atoms with van der Waals surface area (Å²) in [5, 5.41) is 13.6. The summed E-state index contributed by atoms with van der Waals surface area (Å²) in [6.45, 7) is 0.965. The van der Waals surface area contributed by atoms with E-state index in [4.69, 9.17) is 11.1 Å². The van der Waals surface area contributed by atoms with Crippen molar-refractivity contribution in [3.63, 3.8) is 0 Å². The van der Waals surface area contributed by atoms with Gasteiger partial charge in [-0.05, 0) is 37.6 Å². The predicted octanol–water partition coefficient (Wildman–Crippen LogP) is 1.47. The Morgan fingerprint density at radius 3 is 2.47 bits per heavy atom. The molecule has 3 atom stereocenters. The number of likely N-dealkylation sites (tertiary alicyclic amines) is 1. The van der Waals surface area contributed by atoms with Gasteiger partial charge in [-0.2, -0.15) is 0 Å². The second kappa shape index (κ2) is 11.2. The third-order valence-electron chi connectivity index (χ3n) is 7.61. The van der Waals surface area contributed by atoms with E-state index in [0.717, 1.165) is 16.0 Å². The maximum Gasteiger partial charge on any atom is 0.251 e. The van der Waals surface area contributed by atoms with Crippen molar-refractivity contribution in [2.75, 3.05) is 19.3 Å². The van der Waals surface area contributed by atoms with E-state index in [2.05, 4.69) is 10.6 Å². The lowest BCUT2D eigenvalue weighted by atomic mass is 10.0. The standard InChI is InChI=1S/C28H29N5O7S3/c1-15(22-9-17(14-41-22)26(29)30)32-28(36)21-11-18(42(2,37)38)13-33(21)25(34)12-31-27(35)16-7-8-20-19-5-3-4-6-23(19)43(39,40)24(20)10-16/h3-10,14-15,18,21H,11-13H2,1-2H3,(H3,29,30)(H,31,35)(H,32,36)/t15-,18-,21+/m1/s1. The SMILES string of the molecule is C[C@@H](NC(=O)[C@@H]1C[C@@H](S(C)(=O)=O)CN1C(=O)CNC(=O)c1ccc2c(c1)S(=O)(=O)c1ccccc1-2)c1cc(C(=N)N)cs1. The van der Waals surface area contributed by atoms with Gasteiger partial charge >= 0.3 is 0 Å². The Kier molecular flexibility index (Phi) is 7.92. The van der Waals surface area contributed by atoms with Gasteiger partial charge < -0.3 is 21.3 Å². The zero-order chi connectivity index (χ0) is 31.3. The van der Waals surface area contributed by atoms with Crippen LogP contribution in [0, 0.1) is 5.41 Å². The molecule has 5 N–H and O–H groups in total.